The quantitative estimate of drug-likeness (QED) is 0.902. The van der Waals surface area contributed by atoms with Gasteiger partial charge in [0, 0.05) is 4.90 Å². The van der Waals surface area contributed by atoms with Gasteiger partial charge in [0.05, 0.1) is 23.3 Å². The maximum absolute atomic E-state index is 9.07. The van der Waals surface area contributed by atoms with E-state index in [0.29, 0.717) is 5.56 Å². The third kappa shape index (κ3) is 2.52. The molecule has 0 unspecified atom stereocenters. The number of nitrogens with zero attached hydrogens (tertiary/aromatic N) is 1. The highest BCUT2D eigenvalue weighted by Crippen LogP contribution is 2.33. The van der Waals surface area contributed by atoms with E-state index in [1.807, 2.05) is 25.1 Å². The molecule has 3 nitrogen and oxygen atoms in total. The Morgan fingerprint density at radius 2 is 2.18 bits per heavy atom. The van der Waals surface area contributed by atoms with Crippen molar-refractivity contribution in [2.75, 3.05) is 0 Å². The van der Waals surface area contributed by atoms with Crippen LogP contribution in [0.3, 0.4) is 0 Å². The summed E-state index contributed by atoms with van der Waals surface area (Å²) >= 11 is 1.49. The number of hydrogen-bond acceptors (Lipinski definition) is 4. The second kappa shape index (κ2) is 5.09. The van der Waals surface area contributed by atoms with Crippen LogP contribution < -0.4 is 0 Å². The van der Waals surface area contributed by atoms with Crippen molar-refractivity contribution in [1.82, 2.24) is 0 Å². The first kappa shape index (κ1) is 11.8. The van der Waals surface area contributed by atoms with Crippen molar-refractivity contribution >= 4 is 11.8 Å². The van der Waals surface area contributed by atoms with Crippen molar-refractivity contribution in [1.29, 1.82) is 5.26 Å². The van der Waals surface area contributed by atoms with E-state index in [2.05, 4.69) is 6.07 Å². The number of furan rings is 1. The number of benzene rings is 1. The van der Waals surface area contributed by atoms with Crippen molar-refractivity contribution in [2.24, 2.45) is 0 Å². The average molecular weight is 245 g/mol. The smallest absolute Gasteiger partial charge is 0.114 e. The predicted octanol–water partition coefficient (Wildman–Crippen LogP) is 3.10. The predicted molar refractivity (Wildman–Crippen MR) is 64.6 cm³/mol. The molecule has 86 valence electrons. The summed E-state index contributed by atoms with van der Waals surface area (Å²) in [6.07, 6.45) is 1.63. The number of hydrogen-bond donors (Lipinski definition) is 1. The largest absolute Gasteiger partial charge is 0.468 e. The minimum atomic E-state index is -0.0512. The molecule has 0 radical (unpaired) electrons. The fraction of sp³-hybridized carbons (Fsp3) is 0.154. The molecular weight excluding hydrogens is 234 g/mol. The van der Waals surface area contributed by atoms with Crippen molar-refractivity contribution in [2.45, 2.75) is 23.3 Å². The summed E-state index contributed by atoms with van der Waals surface area (Å²) < 4.78 is 5.21. The maximum atomic E-state index is 9.07. The van der Waals surface area contributed by atoms with E-state index in [1.54, 1.807) is 12.3 Å². The zero-order valence-electron chi connectivity index (χ0n) is 9.30. The van der Waals surface area contributed by atoms with Gasteiger partial charge in [0.25, 0.3) is 0 Å². The van der Waals surface area contributed by atoms with Gasteiger partial charge in [-0.2, -0.15) is 5.26 Å². The van der Waals surface area contributed by atoms with E-state index < -0.39 is 0 Å². The summed E-state index contributed by atoms with van der Waals surface area (Å²) in [6, 6.07) is 9.39. The van der Waals surface area contributed by atoms with Crippen LogP contribution in [0.15, 0.2) is 44.7 Å². The molecule has 0 spiro atoms. The Balaban J connectivity index is 2.34. The standard InChI is InChI=1S/C13H11NO2S/c1-9-12(4-5-16-9)17-13-3-2-10(8-15)6-11(13)7-14/h2-6,15H,8H2,1H3. The molecule has 17 heavy (non-hydrogen) atoms. The minimum absolute atomic E-state index is 0.0512. The van der Waals surface area contributed by atoms with Gasteiger partial charge in [0.2, 0.25) is 0 Å². The lowest BCUT2D eigenvalue weighted by Crippen LogP contribution is -1.87. The van der Waals surface area contributed by atoms with Crippen LogP contribution in [0.25, 0.3) is 0 Å². The highest BCUT2D eigenvalue weighted by molar-refractivity contribution is 7.99. The fourth-order valence-electron chi connectivity index (χ4n) is 1.45. The van der Waals surface area contributed by atoms with Crippen LogP contribution in [0.2, 0.25) is 0 Å². The molecule has 1 aromatic heterocycles. The third-order valence-corrected chi connectivity index (χ3v) is 3.60. The SMILES string of the molecule is Cc1occc1Sc1ccc(CO)cc1C#N. The van der Waals surface area contributed by atoms with E-state index in [9.17, 15) is 0 Å². The second-order valence-corrected chi connectivity index (χ2v) is 4.63. The molecule has 0 amide bonds. The molecule has 0 aliphatic heterocycles. The Hall–Kier alpha value is -1.70. The van der Waals surface area contributed by atoms with Gasteiger partial charge < -0.3 is 9.52 Å². The lowest BCUT2D eigenvalue weighted by molar-refractivity contribution is 0.281. The minimum Gasteiger partial charge on any atom is -0.468 e. The monoisotopic (exact) mass is 245 g/mol. The van der Waals surface area contributed by atoms with Gasteiger partial charge in [0.1, 0.15) is 11.8 Å². The molecule has 0 bridgehead atoms. The molecule has 2 rings (SSSR count). The summed E-state index contributed by atoms with van der Waals surface area (Å²) in [4.78, 5) is 1.87. The van der Waals surface area contributed by atoms with Crippen molar-refractivity contribution in [3.8, 4) is 6.07 Å². The maximum Gasteiger partial charge on any atom is 0.114 e. The van der Waals surface area contributed by atoms with Crippen molar-refractivity contribution in [3.05, 3.63) is 47.4 Å². The topological polar surface area (TPSA) is 57.2 Å². The van der Waals surface area contributed by atoms with Crippen LogP contribution in [0, 0.1) is 18.3 Å². The van der Waals surface area contributed by atoms with Crippen LogP contribution in [0.1, 0.15) is 16.9 Å². The van der Waals surface area contributed by atoms with Crippen LogP contribution in [0.5, 0.6) is 0 Å². The summed E-state index contributed by atoms with van der Waals surface area (Å²) in [5.41, 5.74) is 1.32. The Kier molecular flexibility index (Phi) is 3.52. The van der Waals surface area contributed by atoms with Crippen LogP contribution in [0.4, 0.5) is 0 Å². The zero-order valence-corrected chi connectivity index (χ0v) is 10.1. The van der Waals surface area contributed by atoms with Gasteiger partial charge in [-0.25, -0.2) is 0 Å². The summed E-state index contributed by atoms with van der Waals surface area (Å²) in [5.74, 6) is 0.838. The van der Waals surface area contributed by atoms with Crippen LogP contribution in [-0.4, -0.2) is 5.11 Å². The molecule has 0 saturated carbocycles. The van der Waals surface area contributed by atoms with E-state index in [4.69, 9.17) is 14.8 Å². The van der Waals surface area contributed by atoms with E-state index >= 15 is 0 Å². The molecule has 0 saturated heterocycles. The Bertz CT molecular complexity index is 569. The molecule has 2 aromatic rings. The van der Waals surface area contributed by atoms with Crippen molar-refractivity contribution in [3.63, 3.8) is 0 Å². The van der Waals surface area contributed by atoms with E-state index in [0.717, 1.165) is 21.1 Å². The normalized spacial score (nSPS) is 10.2. The fourth-order valence-corrected chi connectivity index (χ4v) is 2.35. The summed E-state index contributed by atoms with van der Waals surface area (Å²) in [5, 5.41) is 18.1. The molecule has 1 aromatic carbocycles. The van der Waals surface area contributed by atoms with E-state index in [1.165, 1.54) is 11.8 Å². The molecule has 0 aliphatic rings. The van der Waals surface area contributed by atoms with Gasteiger partial charge in [-0.1, -0.05) is 17.8 Å². The first-order valence-electron chi connectivity index (χ1n) is 5.10. The van der Waals surface area contributed by atoms with E-state index in [-0.39, 0.29) is 6.61 Å². The van der Waals surface area contributed by atoms with Gasteiger partial charge in [-0.05, 0) is 30.7 Å². The third-order valence-electron chi connectivity index (χ3n) is 2.38. The van der Waals surface area contributed by atoms with Gasteiger partial charge in [-0.15, -0.1) is 0 Å². The number of rotatable bonds is 3. The molecule has 0 aliphatic carbocycles. The van der Waals surface area contributed by atoms with Crippen molar-refractivity contribution < 1.29 is 9.52 Å². The molecular formula is C13H11NO2S. The Morgan fingerprint density at radius 3 is 2.76 bits per heavy atom. The van der Waals surface area contributed by atoms with Gasteiger partial charge in [-0.3, -0.25) is 0 Å². The van der Waals surface area contributed by atoms with Gasteiger partial charge in [0.15, 0.2) is 0 Å². The molecule has 1 heterocycles. The number of nitriles is 1. The van der Waals surface area contributed by atoms with Crippen LogP contribution >= 0.6 is 11.8 Å². The highest BCUT2D eigenvalue weighted by atomic mass is 32.2. The average Bonchev–Trinajstić information content (AvgIpc) is 2.75. The molecule has 1 N–H and O–H groups in total. The number of aliphatic hydroxyl groups is 1. The Morgan fingerprint density at radius 1 is 1.35 bits per heavy atom. The Labute approximate surface area is 104 Å². The summed E-state index contributed by atoms with van der Waals surface area (Å²) in [6.45, 7) is 1.83. The number of aryl methyl sites for hydroxylation is 1. The summed E-state index contributed by atoms with van der Waals surface area (Å²) in [7, 11) is 0. The molecule has 0 fully saturated rings. The lowest BCUT2D eigenvalue weighted by Gasteiger charge is -2.04. The first-order valence-corrected chi connectivity index (χ1v) is 5.92. The van der Waals surface area contributed by atoms with Gasteiger partial charge >= 0.3 is 0 Å². The lowest BCUT2D eigenvalue weighted by atomic mass is 10.1. The van der Waals surface area contributed by atoms with Crippen LogP contribution in [-0.2, 0) is 6.61 Å². The molecule has 0 atom stereocenters. The zero-order chi connectivity index (χ0) is 12.3. The molecule has 4 heteroatoms. The highest BCUT2D eigenvalue weighted by Gasteiger charge is 2.08. The first-order chi connectivity index (χ1) is 8.24. The number of aliphatic hydroxyl groups excluding tert-OH is 1. The second-order valence-electron chi connectivity index (χ2n) is 3.54.